The third-order valence-electron chi connectivity index (χ3n) is 4.73. The zero-order valence-electron chi connectivity index (χ0n) is 12.7. The number of nitrogens with two attached hydrogens (primary N) is 1. The maximum atomic E-state index is 12.2. The summed E-state index contributed by atoms with van der Waals surface area (Å²) in [7, 11) is 0. The first-order chi connectivity index (χ1) is 10.6. The molecule has 1 aromatic carbocycles. The standard InChI is InChI=1S/C17H23N3O2/c18-13-7-5-12(6-8-13)10-15-17(22)19-14(16(21)20-15)9-11-3-1-2-4-11/h5-8,11,14-15H,1-4,9-10,18H2,(H,19,22)(H,20,21)/t14-,15-/m0/s1. The molecule has 0 unspecified atom stereocenters. The summed E-state index contributed by atoms with van der Waals surface area (Å²) in [5, 5.41) is 5.77. The van der Waals surface area contributed by atoms with Crippen LogP contribution in [0.4, 0.5) is 5.69 Å². The predicted molar refractivity (Wildman–Crippen MR) is 85.0 cm³/mol. The van der Waals surface area contributed by atoms with Gasteiger partial charge in [0.1, 0.15) is 12.1 Å². The minimum Gasteiger partial charge on any atom is -0.399 e. The first-order valence-corrected chi connectivity index (χ1v) is 8.07. The van der Waals surface area contributed by atoms with Gasteiger partial charge in [0.15, 0.2) is 0 Å². The lowest BCUT2D eigenvalue weighted by molar-refractivity contribution is -0.137. The molecule has 118 valence electrons. The minimum atomic E-state index is -0.490. The second-order valence-electron chi connectivity index (χ2n) is 6.45. The van der Waals surface area contributed by atoms with Crippen molar-refractivity contribution in [3.8, 4) is 0 Å². The topological polar surface area (TPSA) is 84.2 Å². The van der Waals surface area contributed by atoms with Gasteiger partial charge in [-0.2, -0.15) is 0 Å². The number of nitrogens with one attached hydrogen (secondary N) is 2. The van der Waals surface area contributed by atoms with E-state index in [2.05, 4.69) is 10.6 Å². The van der Waals surface area contributed by atoms with Crippen molar-refractivity contribution in [1.82, 2.24) is 10.6 Å². The van der Waals surface area contributed by atoms with Gasteiger partial charge in [-0.3, -0.25) is 9.59 Å². The molecule has 4 N–H and O–H groups in total. The highest BCUT2D eigenvalue weighted by molar-refractivity contribution is 5.97. The van der Waals surface area contributed by atoms with Gasteiger partial charge in [0, 0.05) is 12.1 Å². The van der Waals surface area contributed by atoms with Gasteiger partial charge in [-0.05, 0) is 30.0 Å². The predicted octanol–water partition coefficient (Wildman–Crippen LogP) is 1.37. The maximum absolute atomic E-state index is 12.2. The van der Waals surface area contributed by atoms with Crippen molar-refractivity contribution in [3.63, 3.8) is 0 Å². The van der Waals surface area contributed by atoms with Crippen LogP contribution in [0.25, 0.3) is 0 Å². The lowest BCUT2D eigenvalue weighted by atomic mass is 9.94. The number of benzene rings is 1. The Hall–Kier alpha value is -2.04. The first kappa shape index (κ1) is 14.9. The van der Waals surface area contributed by atoms with Crippen molar-refractivity contribution >= 4 is 17.5 Å². The van der Waals surface area contributed by atoms with Crippen molar-refractivity contribution in [2.24, 2.45) is 5.92 Å². The average molecular weight is 301 g/mol. The summed E-state index contributed by atoms with van der Waals surface area (Å²) in [6.07, 6.45) is 6.10. The normalized spacial score (nSPS) is 25.8. The SMILES string of the molecule is Nc1ccc(C[C@@H]2NC(=O)[C@H](CC3CCCC3)NC2=O)cc1. The molecule has 0 radical (unpaired) electrons. The number of carbonyl (C=O) groups excluding carboxylic acids is 2. The van der Waals surface area contributed by atoms with Gasteiger partial charge < -0.3 is 16.4 Å². The highest BCUT2D eigenvalue weighted by Gasteiger charge is 2.35. The first-order valence-electron chi connectivity index (χ1n) is 8.07. The van der Waals surface area contributed by atoms with E-state index < -0.39 is 6.04 Å². The number of hydrogen-bond donors (Lipinski definition) is 3. The fourth-order valence-corrected chi connectivity index (χ4v) is 3.45. The molecule has 1 aromatic rings. The molecular formula is C17H23N3O2. The molecule has 0 spiro atoms. The molecule has 0 bridgehead atoms. The molecule has 2 aliphatic rings. The molecule has 2 fully saturated rings. The van der Waals surface area contributed by atoms with E-state index in [0.717, 1.165) is 12.0 Å². The molecule has 3 rings (SSSR count). The Morgan fingerprint density at radius 2 is 1.55 bits per heavy atom. The van der Waals surface area contributed by atoms with E-state index in [4.69, 9.17) is 5.73 Å². The summed E-state index contributed by atoms with van der Waals surface area (Å²) < 4.78 is 0. The van der Waals surface area contributed by atoms with E-state index in [1.54, 1.807) is 12.1 Å². The van der Waals surface area contributed by atoms with Crippen LogP contribution in [0.15, 0.2) is 24.3 Å². The summed E-state index contributed by atoms with van der Waals surface area (Å²) in [4.78, 5) is 24.5. The van der Waals surface area contributed by atoms with Gasteiger partial charge in [0.2, 0.25) is 11.8 Å². The number of rotatable bonds is 4. The van der Waals surface area contributed by atoms with Crippen molar-refractivity contribution in [1.29, 1.82) is 0 Å². The molecule has 1 aliphatic heterocycles. The highest BCUT2D eigenvalue weighted by Crippen LogP contribution is 2.29. The molecule has 5 heteroatoms. The molecule has 2 atom stereocenters. The molecule has 2 amide bonds. The fourth-order valence-electron chi connectivity index (χ4n) is 3.45. The zero-order valence-corrected chi connectivity index (χ0v) is 12.7. The van der Waals surface area contributed by atoms with Crippen LogP contribution < -0.4 is 16.4 Å². The van der Waals surface area contributed by atoms with Crippen molar-refractivity contribution in [3.05, 3.63) is 29.8 Å². The molecule has 0 aromatic heterocycles. The van der Waals surface area contributed by atoms with Crippen LogP contribution in [0.1, 0.15) is 37.7 Å². The van der Waals surface area contributed by atoms with Gasteiger partial charge >= 0.3 is 0 Å². The monoisotopic (exact) mass is 301 g/mol. The lowest BCUT2D eigenvalue weighted by Gasteiger charge is -2.31. The van der Waals surface area contributed by atoms with Crippen LogP contribution in [0.5, 0.6) is 0 Å². The molecule has 1 aliphatic carbocycles. The quantitative estimate of drug-likeness (QED) is 0.734. The zero-order chi connectivity index (χ0) is 15.5. The highest BCUT2D eigenvalue weighted by atomic mass is 16.2. The maximum Gasteiger partial charge on any atom is 0.243 e. The molecule has 1 saturated heterocycles. The van der Waals surface area contributed by atoms with Crippen LogP contribution in [0, 0.1) is 5.92 Å². The number of amides is 2. The Morgan fingerprint density at radius 3 is 2.23 bits per heavy atom. The summed E-state index contributed by atoms with van der Waals surface area (Å²) in [6.45, 7) is 0. The van der Waals surface area contributed by atoms with E-state index >= 15 is 0 Å². The van der Waals surface area contributed by atoms with Crippen LogP contribution in [-0.4, -0.2) is 23.9 Å². The lowest BCUT2D eigenvalue weighted by Crippen LogP contribution is -2.62. The van der Waals surface area contributed by atoms with E-state index in [1.165, 1.54) is 25.7 Å². The van der Waals surface area contributed by atoms with Crippen molar-refractivity contribution in [2.75, 3.05) is 5.73 Å². The van der Waals surface area contributed by atoms with Crippen LogP contribution in [0.2, 0.25) is 0 Å². The number of nitrogen functional groups attached to an aromatic ring is 1. The van der Waals surface area contributed by atoms with Gasteiger partial charge in [0.25, 0.3) is 0 Å². The Balaban J connectivity index is 1.58. The van der Waals surface area contributed by atoms with Gasteiger partial charge in [0.05, 0.1) is 0 Å². The molecule has 1 heterocycles. The van der Waals surface area contributed by atoms with Crippen molar-refractivity contribution < 1.29 is 9.59 Å². The fraction of sp³-hybridized carbons (Fsp3) is 0.529. The summed E-state index contributed by atoms with van der Waals surface area (Å²) in [6, 6.07) is 6.54. The Kier molecular flexibility index (Phi) is 4.32. The van der Waals surface area contributed by atoms with Crippen LogP contribution in [0.3, 0.4) is 0 Å². The Labute approximate surface area is 130 Å². The molecule has 1 saturated carbocycles. The Morgan fingerprint density at radius 1 is 0.955 bits per heavy atom. The summed E-state index contributed by atoms with van der Waals surface area (Å²) in [5.74, 6) is 0.441. The number of piperazine rings is 1. The van der Waals surface area contributed by atoms with Crippen LogP contribution >= 0.6 is 0 Å². The molecule has 22 heavy (non-hydrogen) atoms. The average Bonchev–Trinajstić information content (AvgIpc) is 2.99. The molecule has 5 nitrogen and oxygen atoms in total. The Bertz CT molecular complexity index is 550. The van der Waals surface area contributed by atoms with Crippen LogP contribution in [-0.2, 0) is 16.0 Å². The number of hydrogen-bond acceptors (Lipinski definition) is 3. The minimum absolute atomic E-state index is 0.0491. The second kappa shape index (κ2) is 6.38. The van der Waals surface area contributed by atoms with E-state index in [-0.39, 0.29) is 17.9 Å². The summed E-state index contributed by atoms with van der Waals surface area (Å²) in [5.41, 5.74) is 7.34. The largest absolute Gasteiger partial charge is 0.399 e. The van der Waals surface area contributed by atoms with Gasteiger partial charge in [-0.1, -0.05) is 37.8 Å². The number of carbonyl (C=O) groups is 2. The summed E-state index contributed by atoms with van der Waals surface area (Å²) >= 11 is 0. The second-order valence-corrected chi connectivity index (χ2v) is 6.45. The van der Waals surface area contributed by atoms with E-state index in [1.807, 2.05) is 12.1 Å². The van der Waals surface area contributed by atoms with Crippen molar-refractivity contribution in [2.45, 2.75) is 50.6 Å². The third-order valence-corrected chi connectivity index (χ3v) is 4.73. The molecular weight excluding hydrogens is 278 g/mol. The number of anilines is 1. The van der Waals surface area contributed by atoms with E-state index in [0.29, 0.717) is 18.0 Å². The smallest absolute Gasteiger partial charge is 0.243 e. The van der Waals surface area contributed by atoms with Gasteiger partial charge in [-0.15, -0.1) is 0 Å². The van der Waals surface area contributed by atoms with E-state index in [9.17, 15) is 9.59 Å². The van der Waals surface area contributed by atoms with Gasteiger partial charge in [-0.25, -0.2) is 0 Å². The third kappa shape index (κ3) is 3.40.